The van der Waals surface area contributed by atoms with E-state index in [4.69, 9.17) is 4.74 Å². The van der Waals surface area contributed by atoms with Gasteiger partial charge in [0.25, 0.3) is 11.7 Å². The van der Waals surface area contributed by atoms with E-state index < -0.39 is 17.7 Å². The quantitative estimate of drug-likeness (QED) is 0.272. The molecule has 1 heterocycles. The number of amides is 1. The molecule has 1 fully saturated rings. The lowest BCUT2D eigenvalue weighted by Crippen LogP contribution is -2.30. The zero-order valence-electron chi connectivity index (χ0n) is 16.5. The van der Waals surface area contributed by atoms with Crippen molar-refractivity contribution in [3.05, 3.63) is 69.7 Å². The zero-order valence-corrected chi connectivity index (χ0v) is 18.1. The molecule has 0 bridgehead atoms. The highest BCUT2D eigenvalue weighted by atomic mass is 79.9. The van der Waals surface area contributed by atoms with E-state index in [0.717, 1.165) is 29.3 Å². The van der Waals surface area contributed by atoms with Gasteiger partial charge in [-0.3, -0.25) is 9.59 Å². The van der Waals surface area contributed by atoms with Crippen molar-refractivity contribution in [1.82, 2.24) is 4.90 Å². The van der Waals surface area contributed by atoms with Crippen LogP contribution in [0.3, 0.4) is 0 Å². The Morgan fingerprint density at radius 2 is 1.86 bits per heavy atom. The summed E-state index contributed by atoms with van der Waals surface area (Å²) in [5, 5.41) is 11.0. The van der Waals surface area contributed by atoms with Crippen LogP contribution in [0, 0.1) is 0 Å². The van der Waals surface area contributed by atoms with Crippen LogP contribution in [0.1, 0.15) is 43.4 Å². The topological polar surface area (TPSA) is 66.8 Å². The minimum absolute atomic E-state index is 0.113. The Hall–Kier alpha value is -2.60. The van der Waals surface area contributed by atoms with Crippen molar-refractivity contribution in [2.24, 2.45) is 0 Å². The van der Waals surface area contributed by atoms with Gasteiger partial charge in [0, 0.05) is 16.6 Å². The van der Waals surface area contributed by atoms with Crippen molar-refractivity contribution >= 4 is 33.4 Å². The number of hydrogen-bond acceptors (Lipinski definition) is 4. The largest absolute Gasteiger partial charge is 0.507 e. The number of methoxy groups -OCH3 is 1. The molecule has 0 saturated carbocycles. The third-order valence-corrected chi connectivity index (χ3v) is 5.60. The van der Waals surface area contributed by atoms with Gasteiger partial charge in [-0.1, -0.05) is 60.0 Å². The van der Waals surface area contributed by atoms with Gasteiger partial charge in [-0.15, -0.1) is 0 Å². The Morgan fingerprint density at radius 1 is 1.14 bits per heavy atom. The lowest BCUT2D eigenvalue weighted by molar-refractivity contribution is -0.139. The van der Waals surface area contributed by atoms with Crippen molar-refractivity contribution in [3.63, 3.8) is 0 Å². The summed E-state index contributed by atoms with van der Waals surface area (Å²) in [5.41, 5.74) is 1.34. The number of ether oxygens (including phenoxy) is 1. The first kappa shape index (κ1) is 21.1. The molecule has 0 spiro atoms. The number of Topliss-reactive ketones (excluding diaryl/α,β-unsaturated/α-hetero) is 1. The molecule has 1 N–H and O–H groups in total. The van der Waals surface area contributed by atoms with Gasteiger partial charge in [0.1, 0.15) is 11.5 Å². The van der Waals surface area contributed by atoms with Crippen molar-refractivity contribution in [2.75, 3.05) is 13.7 Å². The number of nitrogens with zero attached hydrogens (tertiary/aromatic N) is 1. The number of aliphatic hydroxyl groups excluding tert-OH is 1. The van der Waals surface area contributed by atoms with Gasteiger partial charge in [0.15, 0.2) is 0 Å². The van der Waals surface area contributed by atoms with Crippen molar-refractivity contribution in [2.45, 2.75) is 32.2 Å². The maximum atomic E-state index is 12.9. The second-order valence-electron chi connectivity index (χ2n) is 6.98. The summed E-state index contributed by atoms with van der Waals surface area (Å²) >= 11 is 3.37. The third-order valence-electron chi connectivity index (χ3n) is 5.07. The molecular weight excluding hydrogens is 434 g/mol. The lowest BCUT2D eigenvalue weighted by Gasteiger charge is -2.25. The highest BCUT2D eigenvalue weighted by Crippen LogP contribution is 2.40. The first-order chi connectivity index (χ1) is 14.0. The number of carbonyl (C=O) groups excluding carboxylic acids is 2. The van der Waals surface area contributed by atoms with E-state index in [1.54, 1.807) is 42.3 Å². The summed E-state index contributed by atoms with van der Waals surface area (Å²) in [7, 11) is 1.57. The maximum Gasteiger partial charge on any atom is 0.295 e. The molecule has 1 unspecified atom stereocenters. The number of halogens is 1. The average Bonchev–Trinajstić information content (AvgIpc) is 2.99. The summed E-state index contributed by atoms with van der Waals surface area (Å²) in [6.07, 6.45) is 2.76. The van der Waals surface area contributed by atoms with Crippen molar-refractivity contribution in [3.8, 4) is 5.75 Å². The highest BCUT2D eigenvalue weighted by molar-refractivity contribution is 9.10. The van der Waals surface area contributed by atoms with Crippen LogP contribution in [0.25, 0.3) is 5.76 Å². The molecule has 1 atom stereocenters. The van der Waals surface area contributed by atoms with Crippen molar-refractivity contribution < 1.29 is 19.4 Å². The van der Waals surface area contributed by atoms with E-state index in [1.165, 1.54) is 0 Å². The smallest absolute Gasteiger partial charge is 0.295 e. The van der Waals surface area contributed by atoms with Gasteiger partial charge in [0.05, 0.1) is 18.7 Å². The Morgan fingerprint density at radius 3 is 2.52 bits per heavy atom. The number of hydrogen-bond donors (Lipinski definition) is 1. The number of benzene rings is 2. The van der Waals surface area contributed by atoms with E-state index in [0.29, 0.717) is 17.9 Å². The molecule has 2 aromatic carbocycles. The van der Waals surface area contributed by atoms with Gasteiger partial charge >= 0.3 is 0 Å². The Bertz CT molecular complexity index is 936. The summed E-state index contributed by atoms with van der Waals surface area (Å²) in [4.78, 5) is 27.3. The van der Waals surface area contributed by atoms with Crippen molar-refractivity contribution in [1.29, 1.82) is 0 Å². The molecule has 6 heteroatoms. The standard InChI is InChI=1S/C23H24BrNO4/c1-3-4-5-13-25-20(16-7-6-8-18(14-16)29-2)19(22(27)23(25)28)21(26)15-9-11-17(24)12-10-15/h6-12,14,20,26H,3-5,13H2,1-2H3/b21-19-. The number of unbranched alkanes of at least 4 members (excludes halogenated alkanes) is 2. The van der Waals surface area contributed by atoms with E-state index in [1.807, 2.05) is 18.2 Å². The Balaban J connectivity index is 2.12. The summed E-state index contributed by atoms with van der Waals surface area (Å²) in [5.74, 6) is -0.769. The summed E-state index contributed by atoms with van der Waals surface area (Å²) in [6, 6.07) is 13.6. The van der Waals surface area contributed by atoms with Gasteiger partial charge < -0.3 is 14.7 Å². The molecule has 3 rings (SSSR count). The van der Waals surface area contributed by atoms with Gasteiger partial charge in [-0.2, -0.15) is 0 Å². The van der Waals surface area contributed by atoms with E-state index in [9.17, 15) is 14.7 Å². The predicted octanol–water partition coefficient (Wildman–Crippen LogP) is 5.07. The second-order valence-corrected chi connectivity index (χ2v) is 7.90. The number of aliphatic hydroxyl groups is 1. The molecule has 1 aliphatic rings. The zero-order chi connectivity index (χ0) is 21.0. The molecule has 0 aromatic heterocycles. The molecular formula is C23H24BrNO4. The lowest BCUT2D eigenvalue weighted by atomic mass is 9.95. The Labute approximate surface area is 179 Å². The van der Waals surface area contributed by atoms with E-state index in [2.05, 4.69) is 22.9 Å². The normalized spacial score (nSPS) is 18.3. The van der Waals surface area contributed by atoms with E-state index >= 15 is 0 Å². The summed E-state index contributed by atoms with van der Waals surface area (Å²) in [6.45, 7) is 2.54. The van der Waals surface area contributed by atoms with Crippen LogP contribution in [0.15, 0.2) is 58.6 Å². The molecule has 1 saturated heterocycles. The van der Waals surface area contributed by atoms with Crippen LogP contribution >= 0.6 is 15.9 Å². The second kappa shape index (κ2) is 9.27. The fourth-order valence-corrected chi connectivity index (χ4v) is 3.83. The van der Waals surface area contributed by atoms with Crippen LogP contribution in [0.4, 0.5) is 0 Å². The molecule has 29 heavy (non-hydrogen) atoms. The van der Waals surface area contributed by atoms with Crippen LogP contribution < -0.4 is 4.74 Å². The first-order valence-electron chi connectivity index (χ1n) is 9.66. The van der Waals surface area contributed by atoms with Gasteiger partial charge in [-0.25, -0.2) is 0 Å². The maximum absolute atomic E-state index is 12.9. The molecule has 1 aliphatic heterocycles. The minimum atomic E-state index is -0.658. The average molecular weight is 458 g/mol. The van der Waals surface area contributed by atoms with Crippen LogP contribution in [0.2, 0.25) is 0 Å². The van der Waals surface area contributed by atoms with E-state index in [-0.39, 0.29) is 11.3 Å². The number of likely N-dealkylation sites (tertiary alicyclic amines) is 1. The van der Waals surface area contributed by atoms with Gasteiger partial charge in [-0.05, 0) is 36.2 Å². The number of rotatable bonds is 7. The predicted molar refractivity (Wildman–Crippen MR) is 116 cm³/mol. The van der Waals surface area contributed by atoms with Gasteiger partial charge in [0.2, 0.25) is 0 Å². The first-order valence-corrected chi connectivity index (χ1v) is 10.5. The SMILES string of the molecule is CCCCCN1C(=O)C(=O)/C(=C(\O)c2ccc(Br)cc2)C1c1cccc(OC)c1. The third kappa shape index (κ3) is 4.37. The molecule has 2 aromatic rings. The highest BCUT2D eigenvalue weighted by Gasteiger charge is 2.45. The molecule has 152 valence electrons. The monoisotopic (exact) mass is 457 g/mol. The van der Waals surface area contributed by atoms with Crippen LogP contribution in [0.5, 0.6) is 5.75 Å². The minimum Gasteiger partial charge on any atom is -0.507 e. The fraction of sp³-hybridized carbons (Fsp3) is 0.304. The number of ketones is 1. The molecule has 0 radical (unpaired) electrons. The molecule has 1 amide bonds. The summed E-state index contributed by atoms with van der Waals surface area (Å²) < 4.78 is 6.18. The fourth-order valence-electron chi connectivity index (χ4n) is 3.56. The number of carbonyl (C=O) groups is 2. The molecule has 5 nitrogen and oxygen atoms in total. The van der Waals surface area contributed by atoms with Crippen LogP contribution in [-0.4, -0.2) is 35.4 Å². The van der Waals surface area contributed by atoms with Crippen LogP contribution in [-0.2, 0) is 9.59 Å². The Kier molecular flexibility index (Phi) is 6.75. The molecule has 0 aliphatic carbocycles.